The van der Waals surface area contributed by atoms with Gasteiger partial charge in [-0.15, -0.1) is 0 Å². The Balaban J connectivity index is 2.29. The van der Waals surface area contributed by atoms with Crippen LogP contribution in [0.3, 0.4) is 0 Å². The molecule has 2 aromatic carbocycles. The fourth-order valence-electron chi connectivity index (χ4n) is 2.46. The molecule has 2 amide bonds. The van der Waals surface area contributed by atoms with Crippen LogP contribution >= 0.6 is 11.6 Å². The number of halogens is 1. The maximum atomic E-state index is 12.8. The van der Waals surface area contributed by atoms with Crippen LogP contribution in [0.25, 0.3) is 0 Å². The fraction of sp³-hybridized carbons (Fsp3) is 0.263. The van der Waals surface area contributed by atoms with Crippen LogP contribution in [-0.2, 0) is 11.3 Å². The van der Waals surface area contributed by atoms with Crippen molar-refractivity contribution in [2.45, 2.75) is 6.54 Å². The quantitative estimate of drug-likeness (QED) is 0.745. The molecule has 0 atom stereocenters. The Bertz CT molecular complexity index is 816. The van der Waals surface area contributed by atoms with Gasteiger partial charge in [0.2, 0.25) is 5.75 Å². The van der Waals surface area contributed by atoms with Crippen molar-refractivity contribution in [2.24, 2.45) is 5.73 Å². The first-order valence-electron chi connectivity index (χ1n) is 8.03. The molecule has 0 fully saturated rings. The third-order valence-electron chi connectivity index (χ3n) is 3.78. The number of hydrogen-bond donors (Lipinski definition) is 1. The Labute approximate surface area is 162 Å². The number of hydrogen-bond acceptors (Lipinski definition) is 5. The van der Waals surface area contributed by atoms with Gasteiger partial charge in [-0.05, 0) is 23.8 Å². The summed E-state index contributed by atoms with van der Waals surface area (Å²) in [6.45, 7) is -0.00448. The first kappa shape index (κ1) is 20.4. The van der Waals surface area contributed by atoms with Crippen LogP contribution in [0.4, 0.5) is 0 Å². The summed E-state index contributed by atoms with van der Waals surface area (Å²) < 4.78 is 15.9. The van der Waals surface area contributed by atoms with Gasteiger partial charge in [0.15, 0.2) is 18.1 Å². The van der Waals surface area contributed by atoms with Gasteiger partial charge in [0.25, 0.3) is 11.8 Å². The van der Waals surface area contributed by atoms with Gasteiger partial charge >= 0.3 is 0 Å². The second-order valence-corrected chi connectivity index (χ2v) is 6.12. The Morgan fingerprint density at radius 2 is 1.70 bits per heavy atom. The van der Waals surface area contributed by atoms with E-state index >= 15 is 0 Å². The lowest BCUT2D eigenvalue weighted by molar-refractivity contribution is -0.120. The zero-order valence-corrected chi connectivity index (χ0v) is 16.1. The molecule has 144 valence electrons. The second kappa shape index (κ2) is 9.14. The van der Waals surface area contributed by atoms with Crippen LogP contribution in [-0.4, -0.2) is 44.6 Å². The van der Waals surface area contributed by atoms with E-state index in [1.165, 1.54) is 31.3 Å². The zero-order chi connectivity index (χ0) is 20.0. The normalized spacial score (nSPS) is 10.2. The standard InChI is InChI=1S/C19H21ClN2O5/c1-22(10-12-6-4-5-7-14(12)20)19(24)13-8-15(25-2)18(16(9-13)26-3)27-11-17(21)23/h4-9H,10-11H2,1-3H3,(H2,21,23). The Morgan fingerprint density at radius 1 is 1.11 bits per heavy atom. The molecule has 0 heterocycles. The van der Waals surface area contributed by atoms with Gasteiger partial charge in [0, 0.05) is 24.2 Å². The molecule has 0 bridgehead atoms. The van der Waals surface area contributed by atoms with Crippen molar-refractivity contribution in [1.82, 2.24) is 4.90 Å². The number of nitrogens with zero attached hydrogens (tertiary/aromatic N) is 1. The number of amides is 2. The molecule has 0 aliphatic rings. The van der Waals surface area contributed by atoms with Gasteiger partial charge in [-0.1, -0.05) is 29.8 Å². The molecular formula is C19H21ClN2O5. The van der Waals surface area contributed by atoms with E-state index in [1.807, 2.05) is 18.2 Å². The summed E-state index contributed by atoms with van der Waals surface area (Å²) in [5.74, 6) is -0.189. The molecule has 2 aromatic rings. The van der Waals surface area contributed by atoms with Gasteiger partial charge in [-0.25, -0.2) is 0 Å². The van der Waals surface area contributed by atoms with Crippen LogP contribution in [0.2, 0.25) is 5.02 Å². The predicted molar refractivity (Wildman–Crippen MR) is 101 cm³/mol. The lowest BCUT2D eigenvalue weighted by Gasteiger charge is -2.20. The molecule has 0 saturated heterocycles. The zero-order valence-electron chi connectivity index (χ0n) is 15.3. The molecule has 0 aromatic heterocycles. The van der Waals surface area contributed by atoms with Crippen molar-refractivity contribution in [2.75, 3.05) is 27.9 Å². The number of nitrogens with two attached hydrogens (primary N) is 1. The van der Waals surface area contributed by atoms with Crippen LogP contribution in [0, 0.1) is 0 Å². The van der Waals surface area contributed by atoms with Crippen LogP contribution < -0.4 is 19.9 Å². The summed E-state index contributed by atoms with van der Waals surface area (Å²) in [4.78, 5) is 25.3. The largest absolute Gasteiger partial charge is 0.493 e. The molecule has 8 heteroatoms. The molecule has 7 nitrogen and oxygen atoms in total. The molecule has 27 heavy (non-hydrogen) atoms. The Hall–Kier alpha value is -2.93. The lowest BCUT2D eigenvalue weighted by atomic mass is 10.1. The van der Waals surface area contributed by atoms with Crippen molar-refractivity contribution >= 4 is 23.4 Å². The van der Waals surface area contributed by atoms with Crippen LogP contribution in [0.5, 0.6) is 17.2 Å². The van der Waals surface area contributed by atoms with Crippen molar-refractivity contribution in [3.63, 3.8) is 0 Å². The molecule has 0 aliphatic heterocycles. The second-order valence-electron chi connectivity index (χ2n) is 5.72. The van der Waals surface area contributed by atoms with Gasteiger partial charge in [0.05, 0.1) is 14.2 Å². The van der Waals surface area contributed by atoms with E-state index < -0.39 is 5.91 Å². The SMILES string of the molecule is COc1cc(C(=O)N(C)Cc2ccccc2Cl)cc(OC)c1OCC(N)=O. The average molecular weight is 393 g/mol. The predicted octanol–water partition coefficient (Wildman–Crippen LogP) is 2.49. The molecule has 0 aliphatic carbocycles. The minimum absolute atomic E-state index is 0.198. The van der Waals surface area contributed by atoms with E-state index in [0.717, 1.165) is 5.56 Å². The minimum atomic E-state index is -0.640. The van der Waals surface area contributed by atoms with E-state index in [1.54, 1.807) is 13.1 Å². The number of ether oxygens (including phenoxy) is 3. The summed E-state index contributed by atoms with van der Waals surface area (Å²) in [5.41, 5.74) is 6.28. The van der Waals surface area contributed by atoms with E-state index in [-0.39, 0.29) is 29.8 Å². The van der Waals surface area contributed by atoms with Crippen molar-refractivity contribution in [3.05, 3.63) is 52.5 Å². The third-order valence-corrected chi connectivity index (χ3v) is 4.15. The minimum Gasteiger partial charge on any atom is -0.493 e. The van der Waals surface area contributed by atoms with E-state index in [2.05, 4.69) is 0 Å². The monoisotopic (exact) mass is 392 g/mol. The maximum Gasteiger partial charge on any atom is 0.255 e. The smallest absolute Gasteiger partial charge is 0.255 e. The summed E-state index contributed by atoms with van der Waals surface area (Å²) >= 11 is 6.16. The van der Waals surface area contributed by atoms with E-state index in [0.29, 0.717) is 17.1 Å². The van der Waals surface area contributed by atoms with Gasteiger partial charge in [-0.2, -0.15) is 0 Å². The third kappa shape index (κ3) is 5.04. The first-order valence-corrected chi connectivity index (χ1v) is 8.41. The molecular weight excluding hydrogens is 372 g/mol. The highest BCUT2D eigenvalue weighted by atomic mass is 35.5. The molecule has 2 N–H and O–H groups in total. The van der Waals surface area contributed by atoms with Gasteiger partial charge in [-0.3, -0.25) is 9.59 Å². The number of methoxy groups -OCH3 is 2. The summed E-state index contributed by atoms with van der Waals surface area (Å²) in [6, 6.07) is 10.3. The number of benzene rings is 2. The highest BCUT2D eigenvalue weighted by Gasteiger charge is 2.20. The Kier molecular flexibility index (Phi) is 6.90. The molecule has 0 unspecified atom stereocenters. The average Bonchev–Trinajstić information content (AvgIpc) is 2.66. The van der Waals surface area contributed by atoms with Crippen molar-refractivity contribution in [1.29, 1.82) is 0 Å². The van der Waals surface area contributed by atoms with Crippen LogP contribution in [0.15, 0.2) is 36.4 Å². The van der Waals surface area contributed by atoms with E-state index in [9.17, 15) is 9.59 Å². The molecule has 0 spiro atoms. The van der Waals surface area contributed by atoms with Gasteiger partial charge in [0.1, 0.15) is 0 Å². The molecule has 0 radical (unpaired) electrons. The fourth-order valence-corrected chi connectivity index (χ4v) is 2.66. The topological polar surface area (TPSA) is 91.1 Å². The molecule has 0 saturated carbocycles. The van der Waals surface area contributed by atoms with Crippen molar-refractivity contribution < 1.29 is 23.8 Å². The van der Waals surface area contributed by atoms with E-state index in [4.69, 9.17) is 31.5 Å². The van der Waals surface area contributed by atoms with Crippen LogP contribution in [0.1, 0.15) is 15.9 Å². The lowest BCUT2D eigenvalue weighted by Crippen LogP contribution is -2.26. The number of carbonyl (C=O) groups excluding carboxylic acids is 2. The Morgan fingerprint density at radius 3 is 2.22 bits per heavy atom. The molecule has 2 rings (SSSR count). The number of carbonyl (C=O) groups is 2. The number of primary amides is 1. The van der Waals surface area contributed by atoms with Crippen molar-refractivity contribution in [3.8, 4) is 17.2 Å². The van der Waals surface area contributed by atoms with Gasteiger partial charge < -0.3 is 24.8 Å². The first-order chi connectivity index (χ1) is 12.9. The summed E-state index contributed by atoms with van der Waals surface area (Å²) in [6.07, 6.45) is 0. The highest BCUT2D eigenvalue weighted by molar-refractivity contribution is 6.31. The number of rotatable bonds is 8. The highest BCUT2D eigenvalue weighted by Crippen LogP contribution is 2.39. The summed E-state index contributed by atoms with van der Waals surface area (Å²) in [7, 11) is 4.52. The summed E-state index contributed by atoms with van der Waals surface area (Å²) in [5, 5.41) is 0.586. The maximum absolute atomic E-state index is 12.8.